The molecule has 29 heavy (non-hydrogen) atoms. The second-order valence-corrected chi connectivity index (χ2v) is 7.02. The van der Waals surface area contributed by atoms with Crippen molar-refractivity contribution in [3.8, 4) is 16.9 Å². The third-order valence-electron chi connectivity index (χ3n) is 3.67. The van der Waals surface area contributed by atoms with E-state index in [1.165, 1.54) is 0 Å². The van der Waals surface area contributed by atoms with Gasteiger partial charge in [0.15, 0.2) is 13.2 Å². The number of hydrogen-bond donors (Lipinski definition) is 2. The fourth-order valence-electron chi connectivity index (χ4n) is 2.26. The molecule has 0 aromatic heterocycles. The smallest absolute Gasteiger partial charge is 0.344 e. The Morgan fingerprint density at radius 1 is 1.00 bits per heavy atom. The van der Waals surface area contributed by atoms with Crippen LogP contribution < -0.4 is 15.4 Å². The molecule has 0 heterocycles. The van der Waals surface area contributed by atoms with Gasteiger partial charge in [-0.25, -0.2) is 9.59 Å². The lowest BCUT2D eigenvalue weighted by atomic mass is 10.1. The summed E-state index contributed by atoms with van der Waals surface area (Å²) in [6.45, 7) is 3.27. The molecule has 154 valence electrons. The third-order valence-corrected chi connectivity index (χ3v) is 3.97. The molecule has 0 atom stereocenters. The molecule has 3 amide bonds. The van der Waals surface area contributed by atoms with E-state index in [-0.39, 0.29) is 5.92 Å². The summed E-state index contributed by atoms with van der Waals surface area (Å²) in [7, 11) is 0. The number of carbonyl (C=O) groups is 3. The molecule has 7 nitrogen and oxygen atoms in total. The standard InChI is InChI=1S/C21H23ClN2O5/c1-14(2)11-23-21(27)24-19(25)12-29-20(26)13-28-18-9-8-16(10-17(18)22)15-6-4-3-5-7-15/h3-10,14H,11-13H2,1-2H3,(H2,23,24,25,27). The van der Waals surface area contributed by atoms with Crippen LogP contribution in [0.5, 0.6) is 5.75 Å². The van der Waals surface area contributed by atoms with Gasteiger partial charge in [-0.2, -0.15) is 0 Å². The van der Waals surface area contributed by atoms with Gasteiger partial charge >= 0.3 is 12.0 Å². The van der Waals surface area contributed by atoms with Crippen molar-refractivity contribution in [1.82, 2.24) is 10.6 Å². The second kappa shape index (κ2) is 11.1. The van der Waals surface area contributed by atoms with Gasteiger partial charge in [0.25, 0.3) is 5.91 Å². The summed E-state index contributed by atoms with van der Waals surface area (Å²) in [5.41, 5.74) is 1.92. The maximum absolute atomic E-state index is 11.8. The Morgan fingerprint density at radius 2 is 1.72 bits per heavy atom. The normalized spacial score (nSPS) is 10.3. The number of nitrogens with one attached hydrogen (secondary N) is 2. The predicted octanol–water partition coefficient (Wildman–Crippen LogP) is 3.41. The van der Waals surface area contributed by atoms with Crippen molar-refractivity contribution < 1.29 is 23.9 Å². The SMILES string of the molecule is CC(C)CNC(=O)NC(=O)COC(=O)COc1ccc(-c2ccccc2)cc1Cl. The molecular weight excluding hydrogens is 396 g/mol. The Kier molecular flexibility index (Phi) is 8.48. The Morgan fingerprint density at radius 3 is 2.38 bits per heavy atom. The number of urea groups is 1. The van der Waals surface area contributed by atoms with Gasteiger partial charge < -0.3 is 14.8 Å². The van der Waals surface area contributed by atoms with E-state index in [1.54, 1.807) is 12.1 Å². The van der Waals surface area contributed by atoms with E-state index in [2.05, 4.69) is 10.6 Å². The highest BCUT2D eigenvalue weighted by molar-refractivity contribution is 6.32. The molecular formula is C21H23ClN2O5. The molecule has 0 bridgehead atoms. The van der Waals surface area contributed by atoms with Crippen LogP contribution in [0.1, 0.15) is 13.8 Å². The molecule has 0 aliphatic carbocycles. The third kappa shape index (κ3) is 7.83. The number of halogens is 1. The number of amides is 3. The molecule has 2 aromatic rings. The number of esters is 1. The first-order chi connectivity index (χ1) is 13.8. The van der Waals surface area contributed by atoms with Gasteiger partial charge in [-0.15, -0.1) is 0 Å². The molecule has 2 N–H and O–H groups in total. The number of ether oxygens (including phenoxy) is 2. The van der Waals surface area contributed by atoms with Gasteiger partial charge in [-0.1, -0.05) is 61.8 Å². The summed E-state index contributed by atoms with van der Waals surface area (Å²) < 4.78 is 10.1. The minimum Gasteiger partial charge on any atom is -0.480 e. The number of benzene rings is 2. The first-order valence-corrected chi connectivity index (χ1v) is 9.44. The highest BCUT2D eigenvalue weighted by atomic mass is 35.5. The Balaban J connectivity index is 1.76. The Bertz CT molecular complexity index is 855. The summed E-state index contributed by atoms with van der Waals surface area (Å²) in [5.74, 6) is -0.920. The number of imide groups is 1. The maximum Gasteiger partial charge on any atom is 0.344 e. The van der Waals surface area contributed by atoms with Gasteiger partial charge in [0.2, 0.25) is 0 Å². The first kappa shape index (κ1) is 22.2. The summed E-state index contributed by atoms with van der Waals surface area (Å²) in [4.78, 5) is 34.8. The fourth-order valence-corrected chi connectivity index (χ4v) is 2.49. The van der Waals surface area contributed by atoms with Crippen LogP contribution in [0, 0.1) is 5.92 Å². The molecule has 2 aromatic carbocycles. The molecule has 0 saturated carbocycles. The minimum atomic E-state index is -0.758. The molecule has 2 rings (SSSR count). The zero-order chi connectivity index (χ0) is 21.2. The fraction of sp³-hybridized carbons (Fsp3) is 0.286. The summed E-state index contributed by atoms with van der Waals surface area (Å²) >= 11 is 6.21. The van der Waals surface area contributed by atoms with Crippen LogP contribution in [0.4, 0.5) is 4.79 Å². The molecule has 0 radical (unpaired) electrons. The molecule has 0 aliphatic heterocycles. The molecule has 0 fully saturated rings. The van der Waals surface area contributed by atoms with Crippen LogP contribution in [0.2, 0.25) is 5.02 Å². The van der Waals surface area contributed by atoms with Crippen molar-refractivity contribution >= 4 is 29.5 Å². The van der Waals surface area contributed by atoms with Crippen LogP contribution >= 0.6 is 11.6 Å². The zero-order valence-corrected chi connectivity index (χ0v) is 17.0. The summed E-state index contributed by atoms with van der Waals surface area (Å²) in [6, 6.07) is 14.3. The number of hydrogen-bond acceptors (Lipinski definition) is 5. The molecule has 8 heteroatoms. The lowest BCUT2D eigenvalue weighted by Crippen LogP contribution is -2.42. The lowest BCUT2D eigenvalue weighted by Gasteiger charge is -2.10. The highest BCUT2D eigenvalue weighted by Crippen LogP contribution is 2.30. The monoisotopic (exact) mass is 418 g/mol. The van der Waals surface area contributed by atoms with Crippen LogP contribution in [0.3, 0.4) is 0 Å². The van der Waals surface area contributed by atoms with Gasteiger partial charge in [-0.3, -0.25) is 10.1 Å². The van der Waals surface area contributed by atoms with E-state index in [9.17, 15) is 14.4 Å². The van der Waals surface area contributed by atoms with Crippen molar-refractivity contribution in [2.75, 3.05) is 19.8 Å². The van der Waals surface area contributed by atoms with Crippen LogP contribution in [0.15, 0.2) is 48.5 Å². The Hall–Kier alpha value is -3.06. The second-order valence-electron chi connectivity index (χ2n) is 6.61. The summed E-state index contributed by atoms with van der Waals surface area (Å²) in [5, 5.41) is 4.93. The van der Waals surface area contributed by atoms with E-state index in [0.29, 0.717) is 17.3 Å². The van der Waals surface area contributed by atoms with E-state index in [1.807, 2.05) is 50.2 Å². The van der Waals surface area contributed by atoms with Crippen molar-refractivity contribution in [3.05, 3.63) is 53.6 Å². The van der Waals surface area contributed by atoms with Crippen LogP contribution in [-0.2, 0) is 14.3 Å². The van der Waals surface area contributed by atoms with Gasteiger partial charge in [0.05, 0.1) is 5.02 Å². The number of carbonyl (C=O) groups excluding carboxylic acids is 3. The van der Waals surface area contributed by atoms with Crippen LogP contribution in [0.25, 0.3) is 11.1 Å². The van der Waals surface area contributed by atoms with Gasteiger partial charge in [-0.05, 0) is 29.2 Å². The zero-order valence-electron chi connectivity index (χ0n) is 16.2. The van der Waals surface area contributed by atoms with Crippen molar-refractivity contribution in [1.29, 1.82) is 0 Å². The lowest BCUT2D eigenvalue weighted by molar-refractivity contribution is -0.150. The first-order valence-electron chi connectivity index (χ1n) is 9.06. The van der Waals surface area contributed by atoms with E-state index in [4.69, 9.17) is 21.1 Å². The molecule has 0 spiro atoms. The van der Waals surface area contributed by atoms with Crippen molar-refractivity contribution in [2.45, 2.75) is 13.8 Å². The maximum atomic E-state index is 11.8. The van der Waals surface area contributed by atoms with Gasteiger partial charge in [0, 0.05) is 6.54 Å². The predicted molar refractivity (Wildman–Crippen MR) is 110 cm³/mol. The van der Waals surface area contributed by atoms with E-state index < -0.39 is 31.1 Å². The average molecular weight is 419 g/mol. The highest BCUT2D eigenvalue weighted by Gasteiger charge is 2.13. The quantitative estimate of drug-likeness (QED) is 0.641. The largest absolute Gasteiger partial charge is 0.480 e. The molecule has 0 saturated heterocycles. The summed E-state index contributed by atoms with van der Waals surface area (Å²) in [6.07, 6.45) is 0. The van der Waals surface area contributed by atoms with E-state index >= 15 is 0 Å². The Labute approximate surface area is 174 Å². The average Bonchev–Trinajstić information content (AvgIpc) is 2.70. The topological polar surface area (TPSA) is 93.7 Å². The van der Waals surface area contributed by atoms with Crippen molar-refractivity contribution in [2.24, 2.45) is 5.92 Å². The van der Waals surface area contributed by atoms with Crippen molar-refractivity contribution in [3.63, 3.8) is 0 Å². The van der Waals surface area contributed by atoms with Gasteiger partial charge in [0.1, 0.15) is 5.75 Å². The van der Waals surface area contributed by atoms with E-state index in [0.717, 1.165) is 11.1 Å². The van der Waals surface area contributed by atoms with Crippen LogP contribution in [-0.4, -0.2) is 37.7 Å². The molecule has 0 unspecified atom stereocenters. The number of rotatable bonds is 8. The minimum absolute atomic E-state index is 0.249. The molecule has 0 aliphatic rings.